The smallest absolute Gasteiger partial charge is 0.323 e. The molecule has 1 aliphatic heterocycles. The first-order chi connectivity index (χ1) is 10.2. The Kier molecular flexibility index (Phi) is 4.55. The van der Waals surface area contributed by atoms with Crippen molar-refractivity contribution in [3.05, 3.63) is 0 Å². The number of hydrogen-bond donors (Lipinski definition) is 2. The number of fused-ring (bicyclic) bond motifs is 1. The molecule has 3 rings (SSSR count). The lowest BCUT2D eigenvalue weighted by Crippen LogP contribution is -2.53. The SMILES string of the molecule is CCCNC1(C(=O)O)CCC(N2CCCC3CCCC32)C1. The first kappa shape index (κ1) is 15.3. The fourth-order valence-electron chi connectivity index (χ4n) is 5.04. The van der Waals surface area contributed by atoms with E-state index in [0.29, 0.717) is 6.04 Å². The van der Waals surface area contributed by atoms with Gasteiger partial charge < -0.3 is 10.4 Å². The van der Waals surface area contributed by atoms with Crippen LogP contribution in [0.5, 0.6) is 0 Å². The van der Waals surface area contributed by atoms with Gasteiger partial charge in [0.1, 0.15) is 5.54 Å². The van der Waals surface area contributed by atoms with Gasteiger partial charge >= 0.3 is 5.97 Å². The highest BCUT2D eigenvalue weighted by molar-refractivity contribution is 5.79. The minimum absolute atomic E-state index is 0.483. The van der Waals surface area contributed by atoms with Gasteiger partial charge in [0.25, 0.3) is 0 Å². The summed E-state index contributed by atoms with van der Waals surface area (Å²) < 4.78 is 0. The minimum Gasteiger partial charge on any atom is -0.480 e. The fraction of sp³-hybridized carbons (Fsp3) is 0.941. The number of carboxylic acids is 1. The summed E-state index contributed by atoms with van der Waals surface area (Å²) in [6, 6.07) is 1.23. The molecule has 3 aliphatic rings. The zero-order valence-electron chi connectivity index (χ0n) is 13.3. The van der Waals surface area contributed by atoms with Gasteiger partial charge in [0.05, 0.1) is 0 Å². The molecule has 2 N–H and O–H groups in total. The molecule has 2 aliphatic carbocycles. The third-order valence-corrected chi connectivity index (χ3v) is 6.12. The van der Waals surface area contributed by atoms with Crippen LogP contribution in [0.15, 0.2) is 0 Å². The van der Waals surface area contributed by atoms with Gasteiger partial charge in [-0.2, -0.15) is 0 Å². The zero-order chi connectivity index (χ0) is 14.9. The lowest BCUT2D eigenvalue weighted by molar-refractivity contribution is -0.144. The van der Waals surface area contributed by atoms with Crippen LogP contribution in [-0.2, 0) is 4.79 Å². The molecule has 0 radical (unpaired) electrons. The molecule has 4 nitrogen and oxygen atoms in total. The molecular weight excluding hydrogens is 264 g/mol. The number of nitrogens with one attached hydrogen (secondary N) is 1. The van der Waals surface area contributed by atoms with Crippen molar-refractivity contribution in [2.24, 2.45) is 5.92 Å². The van der Waals surface area contributed by atoms with Gasteiger partial charge in [-0.05, 0) is 70.4 Å². The lowest BCUT2D eigenvalue weighted by atomic mass is 9.89. The van der Waals surface area contributed by atoms with Crippen LogP contribution in [-0.4, -0.2) is 46.7 Å². The Bertz CT molecular complexity index is 387. The largest absolute Gasteiger partial charge is 0.480 e. The zero-order valence-corrected chi connectivity index (χ0v) is 13.3. The van der Waals surface area contributed by atoms with Crippen LogP contribution in [0, 0.1) is 5.92 Å². The summed E-state index contributed by atoms with van der Waals surface area (Å²) in [5, 5.41) is 13.1. The number of likely N-dealkylation sites (tertiary alicyclic amines) is 1. The third-order valence-electron chi connectivity index (χ3n) is 6.12. The summed E-state index contributed by atoms with van der Waals surface area (Å²) in [4.78, 5) is 14.5. The van der Waals surface area contributed by atoms with Crippen molar-refractivity contribution in [2.75, 3.05) is 13.1 Å². The second kappa shape index (κ2) is 6.25. The number of hydrogen-bond acceptors (Lipinski definition) is 3. The highest BCUT2D eigenvalue weighted by atomic mass is 16.4. The average molecular weight is 294 g/mol. The molecule has 4 atom stereocenters. The Labute approximate surface area is 128 Å². The molecule has 0 spiro atoms. The maximum Gasteiger partial charge on any atom is 0.323 e. The van der Waals surface area contributed by atoms with Crippen LogP contribution >= 0.6 is 0 Å². The summed E-state index contributed by atoms with van der Waals surface area (Å²) >= 11 is 0. The van der Waals surface area contributed by atoms with Crippen molar-refractivity contribution in [1.82, 2.24) is 10.2 Å². The molecule has 0 bridgehead atoms. The molecule has 1 saturated heterocycles. The molecule has 120 valence electrons. The van der Waals surface area contributed by atoms with E-state index in [9.17, 15) is 9.90 Å². The number of rotatable bonds is 5. The monoisotopic (exact) mass is 294 g/mol. The molecule has 0 aromatic carbocycles. The van der Waals surface area contributed by atoms with Crippen molar-refractivity contribution in [3.8, 4) is 0 Å². The second-order valence-corrected chi connectivity index (χ2v) is 7.35. The normalized spacial score (nSPS) is 40.3. The number of carboxylic acid groups (broad SMARTS) is 1. The number of carbonyl (C=O) groups is 1. The molecule has 0 amide bonds. The van der Waals surface area contributed by atoms with Gasteiger partial charge in [-0.1, -0.05) is 13.3 Å². The van der Waals surface area contributed by atoms with E-state index in [0.717, 1.165) is 44.2 Å². The first-order valence-corrected chi connectivity index (χ1v) is 8.90. The molecule has 21 heavy (non-hydrogen) atoms. The van der Waals surface area contributed by atoms with Crippen LogP contribution < -0.4 is 5.32 Å². The van der Waals surface area contributed by atoms with Crippen LogP contribution in [0.1, 0.15) is 64.7 Å². The van der Waals surface area contributed by atoms with E-state index in [1.165, 1.54) is 38.6 Å². The third kappa shape index (κ3) is 2.85. The van der Waals surface area contributed by atoms with Crippen LogP contribution in [0.2, 0.25) is 0 Å². The summed E-state index contributed by atoms with van der Waals surface area (Å²) in [6.45, 7) is 4.10. The van der Waals surface area contributed by atoms with Gasteiger partial charge in [0, 0.05) is 12.1 Å². The standard InChI is InChI=1S/C17H30N2O2/c1-2-10-18-17(16(20)21)9-8-14(12-17)19-11-4-6-13-5-3-7-15(13)19/h13-15,18H,2-12H2,1H3,(H,20,21). The Hall–Kier alpha value is -0.610. The predicted molar refractivity (Wildman–Crippen MR) is 83.4 cm³/mol. The summed E-state index contributed by atoms with van der Waals surface area (Å²) in [5.74, 6) is 0.251. The van der Waals surface area contributed by atoms with Crippen LogP contribution in [0.4, 0.5) is 0 Å². The maximum atomic E-state index is 11.8. The number of piperidine rings is 1. The van der Waals surface area contributed by atoms with Gasteiger partial charge in [0.2, 0.25) is 0 Å². The minimum atomic E-state index is -0.660. The van der Waals surface area contributed by atoms with Crippen molar-refractivity contribution in [3.63, 3.8) is 0 Å². The first-order valence-electron chi connectivity index (χ1n) is 8.90. The summed E-state index contributed by atoms with van der Waals surface area (Å²) in [6.07, 6.45) is 10.4. The Morgan fingerprint density at radius 3 is 2.86 bits per heavy atom. The highest BCUT2D eigenvalue weighted by Crippen LogP contribution is 2.42. The Morgan fingerprint density at radius 2 is 2.10 bits per heavy atom. The van der Waals surface area contributed by atoms with E-state index >= 15 is 0 Å². The maximum absolute atomic E-state index is 11.8. The molecule has 4 heteroatoms. The van der Waals surface area contributed by atoms with Crippen molar-refractivity contribution >= 4 is 5.97 Å². The van der Waals surface area contributed by atoms with E-state index in [-0.39, 0.29) is 0 Å². The van der Waals surface area contributed by atoms with E-state index in [1.807, 2.05) is 0 Å². The molecule has 0 aromatic heterocycles. The molecule has 1 heterocycles. The van der Waals surface area contributed by atoms with Crippen molar-refractivity contribution in [2.45, 2.75) is 82.3 Å². The lowest BCUT2D eigenvalue weighted by Gasteiger charge is -2.42. The van der Waals surface area contributed by atoms with Gasteiger partial charge in [-0.15, -0.1) is 0 Å². The quantitative estimate of drug-likeness (QED) is 0.818. The molecule has 3 fully saturated rings. The van der Waals surface area contributed by atoms with Crippen LogP contribution in [0.25, 0.3) is 0 Å². The van der Waals surface area contributed by atoms with Gasteiger partial charge in [-0.3, -0.25) is 9.69 Å². The van der Waals surface area contributed by atoms with Crippen LogP contribution in [0.3, 0.4) is 0 Å². The highest BCUT2D eigenvalue weighted by Gasteiger charge is 2.49. The number of nitrogens with zero attached hydrogens (tertiary/aromatic N) is 1. The average Bonchev–Trinajstić information content (AvgIpc) is 3.12. The van der Waals surface area contributed by atoms with Gasteiger partial charge in [0.15, 0.2) is 0 Å². The van der Waals surface area contributed by atoms with E-state index in [2.05, 4.69) is 17.1 Å². The molecule has 4 unspecified atom stereocenters. The molecule has 2 saturated carbocycles. The predicted octanol–water partition coefficient (Wildman–Crippen LogP) is 2.63. The summed E-state index contributed by atoms with van der Waals surface area (Å²) in [5.41, 5.74) is -0.660. The van der Waals surface area contributed by atoms with E-state index in [1.54, 1.807) is 0 Å². The van der Waals surface area contributed by atoms with Crippen molar-refractivity contribution < 1.29 is 9.90 Å². The summed E-state index contributed by atoms with van der Waals surface area (Å²) in [7, 11) is 0. The Morgan fingerprint density at radius 1 is 1.29 bits per heavy atom. The number of aliphatic carboxylic acids is 1. The topological polar surface area (TPSA) is 52.6 Å². The van der Waals surface area contributed by atoms with E-state index < -0.39 is 11.5 Å². The molecular formula is C17H30N2O2. The molecule has 0 aromatic rings. The second-order valence-electron chi connectivity index (χ2n) is 7.35. The fourth-order valence-corrected chi connectivity index (χ4v) is 5.04. The Balaban J connectivity index is 1.68. The van der Waals surface area contributed by atoms with Gasteiger partial charge in [-0.25, -0.2) is 0 Å². The van der Waals surface area contributed by atoms with Crippen molar-refractivity contribution in [1.29, 1.82) is 0 Å². The van der Waals surface area contributed by atoms with E-state index in [4.69, 9.17) is 0 Å².